The van der Waals surface area contributed by atoms with Gasteiger partial charge in [0.15, 0.2) is 0 Å². The molecule has 0 saturated heterocycles. The fourth-order valence-electron chi connectivity index (χ4n) is 1.03. The lowest BCUT2D eigenvalue weighted by atomic mass is 10.2. The summed E-state index contributed by atoms with van der Waals surface area (Å²) in [4.78, 5) is 0.103. The first-order chi connectivity index (χ1) is 7.56. The molecule has 0 aliphatic heterocycles. The number of hydrogen-bond acceptors (Lipinski definition) is 3. The molecular formula is C11H13FO3S. The standard InChI is InChI=1S/C11H13FO3S/c1-10-4-6-11(7-5-10)16(13,14)15-9-3-2-8-12/h2-7H,8-9H2,1H3. The highest BCUT2D eigenvalue weighted by Crippen LogP contribution is 2.12. The fourth-order valence-corrected chi connectivity index (χ4v) is 1.90. The molecule has 0 saturated carbocycles. The van der Waals surface area contributed by atoms with Crippen LogP contribution < -0.4 is 0 Å². The van der Waals surface area contributed by atoms with Crippen molar-refractivity contribution in [1.82, 2.24) is 0 Å². The third kappa shape index (κ3) is 3.75. The smallest absolute Gasteiger partial charge is 0.262 e. The van der Waals surface area contributed by atoms with Crippen molar-refractivity contribution in [3.63, 3.8) is 0 Å². The molecule has 0 bridgehead atoms. The molecule has 0 amide bonds. The van der Waals surface area contributed by atoms with Crippen LogP contribution in [0.15, 0.2) is 41.3 Å². The average Bonchev–Trinajstić information content (AvgIpc) is 2.25. The highest BCUT2D eigenvalue weighted by atomic mass is 32.2. The maximum atomic E-state index is 11.7. The monoisotopic (exact) mass is 244 g/mol. The Bertz CT molecular complexity index is 449. The molecule has 0 radical (unpaired) electrons. The Hall–Kier alpha value is -1.20. The Morgan fingerprint density at radius 3 is 2.44 bits per heavy atom. The molecular weight excluding hydrogens is 231 g/mol. The third-order valence-corrected chi connectivity index (χ3v) is 3.18. The first-order valence-electron chi connectivity index (χ1n) is 4.73. The van der Waals surface area contributed by atoms with Crippen molar-refractivity contribution in [2.24, 2.45) is 0 Å². The lowest BCUT2D eigenvalue weighted by Crippen LogP contribution is -2.06. The van der Waals surface area contributed by atoms with Gasteiger partial charge in [0.05, 0.1) is 11.5 Å². The quantitative estimate of drug-likeness (QED) is 0.589. The number of halogens is 1. The lowest BCUT2D eigenvalue weighted by Gasteiger charge is -2.03. The molecule has 0 atom stereocenters. The first kappa shape index (κ1) is 12.9. The van der Waals surface area contributed by atoms with E-state index in [-0.39, 0.29) is 11.5 Å². The molecule has 0 heterocycles. The normalized spacial score (nSPS) is 12.1. The van der Waals surface area contributed by atoms with Gasteiger partial charge in [-0.25, -0.2) is 4.39 Å². The van der Waals surface area contributed by atoms with Crippen LogP contribution >= 0.6 is 0 Å². The molecule has 0 N–H and O–H groups in total. The zero-order chi connectivity index (χ0) is 12.0. The molecule has 1 aromatic rings. The van der Waals surface area contributed by atoms with Gasteiger partial charge in [0, 0.05) is 0 Å². The summed E-state index contributed by atoms with van der Waals surface area (Å²) in [5.41, 5.74) is 0.969. The average molecular weight is 244 g/mol. The molecule has 1 rings (SSSR count). The van der Waals surface area contributed by atoms with Crippen molar-refractivity contribution in [2.75, 3.05) is 13.3 Å². The summed E-state index contributed by atoms with van der Waals surface area (Å²) in [6.07, 6.45) is 2.52. The van der Waals surface area contributed by atoms with Gasteiger partial charge >= 0.3 is 0 Å². The Kier molecular flexibility index (Phi) is 4.64. The Balaban J connectivity index is 2.71. The Morgan fingerprint density at radius 1 is 1.25 bits per heavy atom. The van der Waals surface area contributed by atoms with Gasteiger partial charge in [-0.3, -0.25) is 4.18 Å². The van der Waals surface area contributed by atoms with Crippen molar-refractivity contribution in [3.05, 3.63) is 42.0 Å². The molecule has 0 spiro atoms. The summed E-state index contributed by atoms with van der Waals surface area (Å²) in [7, 11) is -3.73. The van der Waals surface area contributed by atoms with Gasteiger partial charge < -0.3 is 0 Å². The lowest BCUT2D eigenvalue weighted by molar-refractivity contribution is 0.356. The van der Waals surface area contributed by atoms with Crippen LogP contribution in [0.4, 0.5) is 4.39 Å². The molecule has 0 aliphatic rings. The topological polar surface area (TPSA) is 43.4 Å². The highest BCUT2D eigenvalue weighted by molar-refractivity contribution is 7.86. The molecule has 0 aliphatic carbocycles. The number of benzene rings is 1. The molecule has 16 heavy (non-hydrogen) atoms. The van der Waals surface area contributed by atoms with Crippen LogP contribution in [-0.4, -0.2) is 21.7 Å². The van der Waals surface area contributed by atoms with E-state index in [1.165, 1.54) is 24.3 Å². The number of rotatable bonds is 5. The third-order valence-electron chi connectivity index (χ3n) is 1.88. The second kappa shape index (κ2) is 5.77. The number of alkyl halides is 1. The van der Waals surface area contributed by atoms with Gasteiger partial charge in [0.25, 0.3) is 10.1 Å². The van der Waals surface area contributed by atoms with Crippen LogP contribution in [0.5, 0.6) is 0 Å². The van der Waals surface area contributed by atoms with E-state index in [9.17, 15) is 12.8 Å². The van der Waals surface area contributed by atoms with Gasteiger partial charge in [-0.15, -0.1) is 0 Å². The molecule has 1 aromatic carbocycles. The van der Waals surface area contributed by atoms with Gasteiger partial charge in [-0.1, -0.05) is 29.8 Å². The number of aryl methyl sites for hydroxylation is 1. The number of allylic oxidation sites excluding steroid dienone is 1. The summed E-state index contributed by atoms with van der Waals surface area (Å²) in [5.74, 6) is 0. The largest absolute Gasteiger partial charge is 0.297 e. The summed E-state index contributed by atoms with van der Waals surface area (Å²) in [5, 5.41) is 0. The van der Waals surface area contributed by atoms with Gasteiger partial charge in [-0.2, -0.15) is 8.42 Å². The van der Waals surface area contributed by atoms with Crippen LogP contribution in [0, 0.1) is 6.92 Å². The maximum Gasteiger partial charge on any atom is 0.297 e. The number of hydrogen-bond donors (Lipinski definition) is 0. The van der Waals surface area contributed by atoms with Gasteiger partial charge in [-0.05, 0) is 19.1 Å². The van der Waals surface area contributed by atoms with Crippen molar-refractivity contribution in [2.45, 2.75) is 11.8 Å². The van der Waals surface area contributed by atoms with Crippen LogP contribution in [-0.2, 0) is 14.3 Å². The minimum Gasteiger partial charge on any atom is -0.262 e. The second-order valence-corrected chi connectivity index (χ2v) is 4.79. The molecule has 3 nitrogen and oxygen atoms in total. The van der Waals surface area contributed by atoms with Gasteiger partial charge in [0.1, 0.15) is 6.67 Å². The predicted octanol–water partition coefficient (Wildman–Crippen LogP) is 2.23. The Labute approximate surface area is 94.7 Å². The summed E-state index contributed by atoms with van der Waals surface area (Å²) in [6, 6.07) is 6.33. The van der Waals surface area contributed by atoms with Crippen LogP contribution in [0.25, 0.3) is 0 Å². The van der Waals surface area contributed by atoms with E-state index >= 15 is 0 Å². The molecule has 0 aromatic heterocycles. The summed E-state index contributed by atoms with van der Waals surface area (Å²) in [6.45, 7) is 1.08. The first-order valence-corrected chi connectivity index (χ1v) is 6.14. The highest BCUT2D eigenvalue weighted by Gasteiger charge is 2.13. The van der Waals surface area contributed by atoms with E-state index in [1.807, 2.05) is 6.92 Å². The van der Waals surface area contributed by atoms with E-state index in [0.29, 0.717) is 0 Å². The van der Waals surface area contributed by atoms with Crippen molar-refractivity contribution in [3.8, 4) is 0 Å². The van der Waals surface area contributed by atoms with Crippen molar-refractivity contribution >= 4 is 10.1 Å². The zero-order valence-electron chi connectivity index (χ0n) is 8.89. The van der Waals surface area contributed by atoms with E-state index in [0.717, 1.165) is 5.56 Å². The summed E-state index contributed by atoms with van der Waals surface area (Å²) < 4.78 is 39.5. The second-order valence-electron chi connectivity index (χ2n) is 3.18. The van der Waals surface area contributed by atoms with E-state index in [2.05, 4.69) is 4.18 Å². The SMILES string of the molecule is Cc1ccc(S(=O)(=O)OCC=CCF)cc1. The fraction of sp³-hybridized carbons (Fsp3) is 0.273. The predicted molar refractivity (Wildman–Crippen MR) is 59.4 cm³/mol. The zero-order valence-corrected chi connectivity index (χ0v) is 9.71. The molecule has 0 unspecified atom stereocenters. The Morgan fingerprint density at radius 2 is 1.88 bits per heavy atom. The van der Waals surface area contributed by atoms with Crippen LogP contribution in [0.2, 0.25) is 0 Å². The van der Waals surface area contributed by atoms with Crippen LogP contribution in [0.1, 0.15) is 5.56 Å². The molecule has 0 fully saturated rings. The van der Waals surface area contributed by atoms with Crippen molar-refractivity contribution < 1.29 is 17.0 Å². The molecule has 88 valence electrons. The summed E-state index contributed by atoms with van der Waals surface area (Å²) >= 11 is 0. The maximum absolute atomic E-state index is 11.7. The van der Waals surface area contributed by atoms with E-state index < -0.39 is 16.8 Å². The van der Waals surface area contributed by atoms with Gasteiger partial charge in [0.2, 0.25) is 0 Å². The minimum atomic E-state index is -3.73. The van der Waals surface area contributed by atoms with E-state index in [1.54, 1.807) is 12.1 Å². The van der Waals surface area contributed by atoms with Crippen molar-refractivity contribution in [1.29, 1.82) is 0 Å². The molecule has 5 heteroatoms. The van der Waals surface area contributed by atoms with Crippen LogP contribution in [0.3, 0.4) is 0 Å². The van der Waals surface area contributed by atoms with E-state index in [4.69, 9.17) is 0 Å². The minimum absolute atomic E-state index is 0.103.